The smallest absolute Gasteiger partial charge is 0.224 e. The summed E-state index contributed by atoms with van der Waals surface area (Å²) in [5, 5.41) is 12.6. The molecule has 0 radical (unpaired) electrons. The van der Waals surface area contributed by atoms with Gasteiger partial charge in [-0.15, -0.1) is 0 Å². The summed E-state index contributed by atoms with van der Waals surface area (Å²) in [5.41, 5.74) is 4.37. The molecular weight excluding hydrogens is 341 g/mol. The van der Waals surface area contributed by atoms with Crippen LogP contribution in [0.25, 0.3) is 6.08 Å². The van der Waals surface area contributed by atoms with Crippen molar-refractivity contribution in [2.24, 2.45) is 0 Å². The van der Waals surface area contributed by atoms with E-state index in [0.717, 1.165) is 16.7 Å². The quantitative estimate of drug-likeness (QED) is 0.734. The predicted molar refractivity (Wildman–Crippen MR) is 108 cm³/mol. The predicted octanol–water partition coefficient (Wildman–Crippen LogP) is 4.16. The number of carbonyl (C=O) groups excluding carboxylic acids is 1. The van der Waals surface area contributed by atoms with Gasteiger partial charge in [0.25, 0.3) is 0 Å². The molecule has 3 nitrogen and oxygen atoms in total. The van der Waals surface area contributed by atoms with Crippen LogP contribution < -0.4 is 5.32 Å². The fraction of sp³-hybridized carbons (Fsp3) is 0.348. The molecule has 0 saturated carbocycles. The van der Waals surface area contributed by atoms with Gasteiger partial charge in [0.1, 0.15) is 5.82 Å². The van der Waals surface area contributed by atoms with Crippen molar-refractivity contribution < 1.29 is 14.3 Å². The third-order valence-electron chi connectivity index (χ3n) is 4.82. The molecule has 144 valence electrons. The van der Waals surface area contributed by atoms with Crippen LogP contribution in [-0.2, 0) is 17.6 Å². The fourth-order valence-electron chi connectivity index (χ4n) is 3.33. The van der Waals surface area contributed by atoms with Crippen LogP contribution in [0.3, 0.4) is 0 Å². The van der Waals surface area contributed by atoms with Crippen molar-refractivity contribution in [1.29, 1.82) is 0 Å². The molecule has 0 aromatic heterocycles. The first kappa shape index (κ1) is 20.8. The molecule has 0 spiro atoms. The van der Waals surface area contributed by atoms with Gasteiger partial charge in [0.05, 0.1) is 19.1 Å². The van der Waals surface area contributed by atoms with Gasteiger partial charge in [-0.05, 0) is 47.6 Å². The highest BCUT2D eigenvalue weighted by atomic mass is 19.1. The fourth-order valence-corrected chi connectivity index (χ4v) is 3.33. The van der Waals surface area contributed by atoms with Crippen LogP contribution in [0.4, 0.5) is 4.39 Å². The van der Waals surface area contributed by atoms with Gasteiger partial charge in [0.2, 0.25) is 5.91 Å². The van der Waals surface area contributed by atoms with E-state index in [9.17, 15) is 14.3 Å². The Morgan fingerprint density at radius 1 is 1.22 bits per heavy atom. The van der Waals surface area contributed by atoms with E-state index >= 15 is 0 Å². The number of aliphatic hydroxyl groups excluding tert-OH is 1. The molecule has 0 bridgehead atoms. The molecule has 4 heteroatoms. The van der Waals surface area contributed by atoms with Crippen LogP contribution in [0, 0.1) is 12.7 Å². The second kappa shape index (κ2) is 9.47. The number of halogens is 1. The van der Waals surface area contributed by atoms with Crippen molar-refractivity contribution in [3.63, 3.8) is 0 Å². The standard InChI is InChI=1S/C23H28FNO2/c1-5-17-9-7-10-19(15(2)3)21(17)12-18(14-26)25-23(27)13-20-16(4)8-6-11-22(20)24/h5-11,15,18,26H,1,12-14H2,2-4H3,(H,25,27). The lowest BCUT2D eigenvalue weighted by atomic mass is 9.89. The summed E-state index contributed by atoms with van der Waals surface area (Å²) in [6.45, 7) is 9.68. The lowest BCUT2D eigenvalue weighted by Gasteiger charge is -2.22. The first-order valence-electron chi connectivity index (χ1n) is 9.25. The number of amides is 1. The largest absolute Gasteiger partial charge is 0.394 e. The Morgan fingerprint density at radius 2 is 1.93 bits per heavy atom. The van der Waals surface area contributed by atoms with Crippen molar-refractivity contribution in [3.8, 4) is 0 Å². The van der Waals surface area contributed by atoms with Crippen LogP contribution in [0.2, 0.25) is 0 Å². The molecule has 0 aliphatic rings. The minimum Gasteiger partial charge on any atom is -0.394 e. The van der Waals surface area contributed by atoms with E-state index in [1.165, 1.54) is 11.6 Å². The highest BCUT2D eigenvalue weighted by molar-refractivity contribution is 5.79. The molecule has 0 aliphatic heterocycles. The summed E-state index contributed by atoms with van der Waals surface area (Å²) < 4.78 is 14.0. The van der Waals surface area contributed by atoms with Crippen LogP contribution >= 0.6 is 0 Å². The number of hydrogen-bond acceptors (Lipinski definition) is 2. The average molecular weight is 369 g/mol. The van der Waals surface area contributed by atoms with Gasteiger partial charge in [-0.25, -0.2) is 4.39 Å². The summed E-state index contributed by atoms with van der Waals surface area (Å²) in [6.07, 6.45) is 2.24. The molecule has 2 N–H and O–H groups in total. The SMILES string of the molecule is C=Cc1cccc(C(C)C)c1CC(CO)NC(=O)Cc1c(C)cccc1F. The Morgan fingerprint density at radius 3 is 2.52 bits per heavy atom. The van der Waals surface area contributed by atoms with Gasteiger partial charge in [0.15, 0.2) is 0 Å². The topological polar surface area (TPSA) is 49.3 Å². The molecule has 0 saturated heterocycles. The third kappa shape index (κ3) is 5.27. The maximum atomic E-state index is 14.0. The van der Waals surface area contributed by atoms with Gasteiger partial charge < -0.3 is 10.4 Å². The molecule has 2 rings (SSSR count). The zero-order valence-electron chi connectivity index (χ0n) is 16.3. The first-order chi connectivity index (χ1) is 12.9. The van der Waals surface area contributed by atoms with Crippen LogP contribution in [0.5, 0.6) is 0 Å². The number of hydrogen-bond donors (Lipinski definition) is 2. The lowest BCUT2D eigenvalue weighted by Crippen LogP contribution is -2.40. The van der Waals surface area contributed by atoms with E-state index in [-0.39, 0.29) is 24.8 Å². The van der Waals surface area contributed by atoms with Gasteiger partial charge >= 0.3 is 0 Å². The molecule has 2 aromatic carbocycles. The minimum atomic E-state index is -0.442. The van der Waals surface area contributed by atoms with Gasteiger partial charge in [-0.3, -0.25) is 4.79 Å². The second-order valence-corrected chi connectivity index (χ2v) is 7.14. The Bertz CT molecular complexity index is 794. The van der Waals surface area contributed by atoms with Gasteiger partial charge in [-0.2, -0.15) is 0 Å². The van der Waals surface area contributed by atoms with Crippen molar-refractivity contribution >= 4 is 12.0 Å². The van der Waals surface area contributed by atoms with E-state index in [1.54, 1.807) is 25.1 Å². The maximum Gasteiger partial charge on any atom is 0.224 e. The summed E-state index contributed by atoms with van der Waals surface area (Å²) in [5.74, 6) is -0.370. The summed E-state index contributed by atoms with van der Waals surface area (Å²) in [4.78, 5) is 12.4. The first-order valence-corrected chi connectivity index (χ1v) is 9.25. The molecule has 1 unspecified atom stereocenters. The summed E-state index contributed by atoms with van der Waals surface area (Å²) >= 11 is 0. The van der Waals surface area contributed by atoms with E-state index in [4.69, 9.17) is 0 Å². The Balaban J connectivity index is 2.17. The van der Waals surface area contributed by atoms with E-state index in [1.807, 2.05) is 12.1 Å². The zero-order valence-corrected chi connectivity index (χ0v) is 16.3. The van der Waals surface area contributed by atoms with E-state index < -0.39 is 6.04 Å². The Hall–Kier alpha value is -2.46. The number of nitrogens with one attached hydrogen (secondary N) is 1. The number of benzene rings is 2. The normalized spacial score (nSPS) is 12.1. The van der Waals surface area contributed by atoms with Crippen molar-refractivity contribution in [3.05, 3.63) is 76.6 Å². The summed E-state index contributed by atoms with van der Waals surface area (Å²) in [7, 11) is 0. The van der Waals surface area contributed by atoms with Crippen LogP contribution in [0.1, 0.15) is 47.6 Å². The highest BCUT2D eigenvalue weighted by Gasteiger charge is 2.18. The van der Waals surface area contributed by atoms with Crippen LogP contribution in [0.15, 0.2) is 43.0 Å². The molecule has 0 heterocycles. The highest BCUT2D eigenvalue weighted by Crippen LogP contribution is 2.25. The van der Waals surface area contributed by atoms with Gasteiger partial charge in [0, 0.05) is 5.56 Å². The Labute approximate surface area is 160 Å². The molecular formula is C23H28FNO2. The molecule has 0 fully saturated rings. The lowest BCUT2D eigenvalue weighted by molar-refractivity contribution is -0.121. The van der Waals surface area contributed by atoms with E-state index in [0.29, 0.717) is 17.9 Å². The van der Waals surface area contributed by atoms with E-state index in [2.05, 4.69) is 31.8 Å². The number of rotatable bonds is 8. The molecule has 2 aromatic rings. The molecule has 1 atom stereocenters. The van der Waals surface area contributed by atoms with Crippen molar-refractivity contribution in [2.75, 3.05) is 6.61 Å². The zero-order chi connectivity index (χ0) is 20.0. The number of aryl methyl sites for hydroxylation is 1. The third-order valence-corrected chi connectivity index (χ3v) is 4.82. The number of aliphatic hydroxyl groups is 1. The van der Waals surface area contributed by atoms with Crippen LogP contribution in [-0.4, -0.2) is 23.7 Å². The second-order valence-electron chi connectivity index (χ2n) is 7.14. The minimum absolute atomic E-state index is 0.0465. The molecule has 0 aliphatic carbocycles. The maximum absolute atomic E-state index is 14.0. The van der Waals surface area contributed by atoms with Gasteiger partial charge in [-0.1, -0.05) is 56.8 Å². The summed E-state index contributed by atoms with van der Waals surface area (Å²) in [6, 6.07) is 10.4. The Kier molecular flexibility index (Phi) is 7.31. The van der Waals surface area contributed by atoms with Crippen molar-refractivity contribution in [2.45, 2.75) is 45.6 Å². The monoisotopic (exact) mass is 369 g/mol. The number of carbonyl (C=O) groups is 1. The molecule has 1 amide bonds. The molecule has 27 heavy (non-hydrogen) atoms. The van der Waals surface area contributed by atoms with Crippen molar-refractivity contribution in [1.82, 2.24) is 5.32 Å². The average Bonchev–Trinajstić information content (AvgIpc) is 2.64.